The molecule has 0 aliphatic rings. The van der Waals surface area contributed by atoms with Gasteiger partial charge in [0.2, 0.25) is 0 Å². The molecule has 0 fully saturated rings. The fourth-order valence-electron chi connectivity index (χ4n) is 8.23. The quantitative estimate of drug-likeness (QED) is 0.186. The summed E-state index contributed by atoms with van der Waals surface area (Å²) in [7, 11) is 0. The Hall–Kier alpha value is -6.84. The average Bonchev–Trinajstić information content (AvgIpc) is 3.85. The van der Waals surface area contributed by atoms with Gasteiger partial charge < -0.3 is 13.6 Å². The van der Waals surface area contributed by atoms with E-state index in [1.165, 1.54) is 66.0 Å². The molecule has 0 aliphatic carbocycles. The summed E-state index contributed by atoms with van der Waals surface area (Å²) in [6.07, 6.45) is 0. The van der Waals surface area contributed by atoms with E-state index in [9.17, 15) is 0 Å². The molecule has 11 rings (SSSR count). The van der Waals surface area contributed by atoms with Gasteiger partial charge in [0.1, 0.15) is 11.2 Å². The number of fused-ring (bicyclic) bond motifs is 9. The standard InChI is InChI=1S/C48H30N2O/c1-2-12-34(13-3-1)49-43-19-9-5-15-36(43)39-28-31(22-25-45(39)49)32-23-26-46-40(29-32)37-16-6-10-20-44(37)50(46)42-18-8-4-14-35(42)33-24-27-48-41(30-33)38-17-7-11-21-47(38)51-48/h1-30H. The topological polar surface area (TPSA) is 23.0 Å². The van der Waals surface area contributed by atoms with Crippen LogP contribution in [0.3, 0.4) is 0 Å². The van der Waals surface area contributed by atoms with E-state index < -0.39 is 0 Å². The number of para-hydroxylation sites is 5. The Morgan fingerprint density at radius 3 is 1.57 bits per heavy atom. The van der Waals surface area contributed by atoms with E-state index >= 15 is 0 Å². The number of nitrogens with zero attached hydrogens (tertiary/aromatic N) is 2. The third-order valence-corrected chi connectivity index (χ3v) is 10.5. The van der Waals surface area contributed by atoms with Crippen molar-refractivity contribution >= 4 is 65.6 Å². The van der Waals surface area contributed by atoms with Crippen LogP contribution in [0.2, 0.25) is 0 Å². The fraction of sp³-hybridized carbons (Fsp3) is 0. The highest BCUT2D eigenvalue weighted by molar-refractivity contribution is 6.13. The second kappa shape index (κ2) is 10.8. The molecule has 0 amide bonds. The van der Waals surface area contributed by atoms with Crippen molar-refractivity contribution in [3.63, 3.8) is 0 Å². The first-order valence-corrected chi connectivity index (χ1v) is 17.4. The molecule has 0 unspecified atom stereocenters. The maximum absolute atomic E-state index is 6.17. The summed E-state index contributed by atoms with van der Waals surface area (Å²) < 4.78 is 11.0. The molecule has 0 saturated heterocycles. The van der Waals surface area contributed by atoms with Crippen molar-refractivity contribution in [2.75, 3.05) is 0 Å². The molecule has 3 aromatic heterocycles. The highest BCUT2D eigenvalue weighted by Crippen LogP contribution is 2.41. The lowest BCUT2D eigenvalue weighted by molar-refractivity contribution is 0.669. The Kier molecular flexibility index (Phi) is 5.96. The monoisotopic (exact) mass is 650 g/mol. The Morgan fingerprint density at radius 2 is 0.824 bits per heavy atom. The van der Waals surface area contributed by atoms with Crippen LogP contribution in [0.25, 0.3) is 99.2 Å². The second-order valence-corrected chi connectivity index (χ2v) is 13.3. The first-order valence-electron chi connectivity index (χ1n) is 17.4. The van der Waals surface area contributed by atoms with Gasteiger partial charge in [-0.3, -0.25) is 0 Å². The summed E-state index contributed by atoms with van der Waals surface area (Å²) >= 11 is 0. The number of furan rings is 1. The zero-order chi connectivity index (χ0) is 33.5. The molecule has 0 spiro atoms. The maximum Gasteiger partial charge on any atom is 0.135 e. The molecule has 238 valence electrons. The lowest BCUT2D eigenvalue weighted by Gasteiger charge is -2.14. The lowest BCUT2D eigenvalue weighted by atomic mass is 10.00. The van der Waals surface area contributed by atoms with Gasteiger partial charge in [-0.05, 0) is 89.5 Å². The Labute approximate surface area is 293 Å². The normalized spacial score (nSPS) is 11.9. The predicted octanol–water partition coefficient (Wildman–Crippen LogP) is 13.1. The molecule has 0 radical (unpaired) electrons. The van der Waals surface area contributed by atoms with Gasteiger partial charge in [-0.25, -0.2) is 0 Å². The van der Waals surface area contributed by atoms with Gasteiger partial charge in [0.15, 0.2) is 0 Å². The summed E-state index contributed by atoms with van der Waals surface area (Å²) in [5.41, 5.74) is 13.7. The van der Waals surface area contributed by atoms with E-state index in [4.69, 9.17) is 4.42 Å². The minimum absolute atomic E-state index is 0.907. The number of rotatable bonds is 4. The molecule has 3 heteroatoms. The van der Waals surface area contributed by atoms with Crippen molar-refractivity contribution in [3.05, 3.63) is 182 Å². The van der Waals surface area contributed by atoms with Gasteiger partial charge in [-0.15, -0.1) is 0 Å². The number of hydrogen-bond acceptors (Lipinski definition) is 1. The molecule has 8 aromatic carbocycles. The smallest absolute Gasteiger partial charge is 0.135 e. The number of benzene rings is 8. The highest BCUT2D eigenvalue weighted by atomic mass is 16.3. The van der Waals surface area contributed by atoms with Crippen LogP contribution in [-0.4, -0.2) is 9.13 Å². The predicted molar refractivity (Wildman–Crippen MR) is 213 cm³/mol. The van der Waals surface area contributed by atoms with Gasteiger partial charge in [-0.1, -0.05) is 109 Å². The van der Waals surface area contributed by atoms with E-state index in [0.29, 0.717) is 0 Å². The summed E-state index contributed by atoms with van der Waals surface area (Å²) in [5.74, 6) is 0. The van der Waals surface area contributed by atoms with Crippen LogP contribution >= 0.6 is 0 Å². The molecule has 0 bridgehead atoms. The molecule has 3 heterocycles. The van der Waals surface area contributed by atoms with Gasteiger partial charge in [0.25, 0.3) is 0 Å². The van der Waals surface area contributed by atoms with Crippen molar-refractivity contribution in [1.29, 1.82) is 0 Å². The Balaban J connectivity index is 1.09. The third-order valence-electron chi connectivity index (χ3n) is 10.5. The maximum atomic E-state index is 6.17. The number of hydrogen-bond donors (Lipinski definition) is 0. The van der Waals surface area contributed by atoms with Crippen molar-refractivity contribution in [1.82, 2.24) is 9.13 Å². The molecule has 0 saturated carbocycles. The fourth-order valence-corrected chi connectivity index (χ4v) is 8.23. The molecular weight excluding hydrogens is 621 g/mol. The first-order chi connectivity index (χ1) is 25.3. The summed E-state index contributed by atoms with van der Waals surface area (Å²) in [6.45, 7) is 0. The third kappa shape index (κ3) is 4.19. The van der Waals surface area contributed by atoms with Crippen LogP contribution < -0.4 is 0 Å². The van der Waals surface area contributed by atoms with E-state index in [-0.39, 0.29) is 0 Å². The molecule has 51 heavy (non-hydrogen) atoms. The largest absolute Gasteiger partial charge is 0.456 e. The van der Waals surface area contributed by atoms with Gasteiger partial charge in [0.05, 0.1) is 27.8 Å². The van der Waals surface area contributed by atoms with Crippen LogP contribution in [0.15, 0.2) is 186 Å². The van der Waals surface area contributed by atoms with E-state index in [2.05, 4.69) is 179 Å². The summed E-state index contributed by atoms with van der Waals surface area (Å²) in [5, 5.41) is 7.26. The van der Waals surface area contributed by atoms with Gasteiger partial charge in [0, 0.05) is 43.6 Å². The number of aromatic nitrogens is 2. The Morgan fingerprint density at radius 1 is 0.314 bits per heavy atom. The minimum atomic E-state index is 0.907. The minimum Gasteiger partial charge on any atom is -0.456 e. The van der Waals surface area contributed by atoms with Gasteiger partial charge in [-0.2, -0.15) is 0 Å². The SMILES string of the molecule is c1ccc(-n2c3ccccc3c3cc(-c4ccc5c(c4)c4ccccc4n5-c4ccccc4-c4ccc5oc6ccccc6c5c4)ccc32)cc1. The van der Waals surface area contributed by atoms with E-state index in [0.717, 1.165) is 33.2 Å². The summed E-state index contributed by atoms with van der Waals surface area (Å²) in [4.78, 5) is 0. The molecule has 11 aromatic rings. The highest BCUT2D eigenvalue weighted by Gasteiger charge is 2.18. The first kappa shape index (κ1) is 28.0. The van der Waals surface area contributed by atoms with Crippen LogP contribution in [-0.2, 0) is 0 Å². The molecule has 0 N–H and O–H groups in total. The van der Waals surface area contributed by atoms with Crippen molar-refractivity contribution in [3.8, 4) is 33.6 Å². The zero-order valence-electron chi connectivity index (χ0n) is 27.6. The van der Waals surface area contributed by atoms with E-state index in [1.807, 2.05) is 12.1 Å². The van der Waals surface area contributed by atoms with Crippen molar-refractivity contribution < 1.29 is 4.42 Å². The van der Waals surface area contributed by atoms with Crippen molar-refractivity contribution in [2.24, 2.45) is 0 Å². The molecule has 0 atom stereocenters. The zero-order valence-corrected chi connectivity index (χ0v) is 27.6. The second-order valence-electron chi connectivity index (χ2n) is 13.3. The van der Waals surface area contributed by atoms with Crippen LogP contribution in [0.1, 0.15) is 0 Å². The lowest BCUT2D eigenvalue weighted by Crippen LogP contribution is -1.97. The Bertz CT molecular complexity index is 3140. The van der Waals surface area contributed by atoms with Gasteiger partial charge >= 0.3 is 0 Å². The molecule has 0 aliphatic heterocycles. The van der Waals surface area contributed by atoms with Crippen molar-refractivity contribution in [2.45, 2.75) is 0 Å². The van der Waals surface area contributed by atoms with Crippen LogP contribution in [0, 0.1) is 0 Å². The molecule has 3 nitrogen and oxygen atoms in total. The average molecular weight is 651 g/mol. The summed E-state index contributed by atoms with van der Waals surface area (Å²) in [6, 6.07) is 65.6. The molecular formula is C48H30N2O. The van der Waals surface area contributed by atoms with Crippen LogP contribution in [0.4, 0.5) is 0 Å². The van der Waals surface area contributed by atoms with Crippen LogP contribution in [0.5, 0.6) is 0 Å². The van der Waals surface area contributed by atoms with E-state index in [1.54, 1.807) is 0 Å².